The highest BCUT2D eigenvalue weighted by atomic mass is 14.6. The maximum atomic E-state index is 5.81. The maximum absolute atomic E-state index is 5.81. The summed E-state index contributed by atoms with van der Waals surface area (Å²) in [7, 11) is 0. The van der Waals surface area contributed by atoms with E-state index in [9.17, 15) is 0 Å². The van der Waals surface area contributed by atoms with Crippen molar-refractivity contribution >= 4 is 11.3 Å². The minimum absolute atomic E-state index is 0.861. The number of hydrogen-bond donors (Lipinski definition) is 1. The van der Waals surface area contributed by atoms with Gasteiger partial charge in [-0.3, -0.25) is 0 Å². The van der Waals surface area contributed by atoms with Crippen molar-refractivity contribution in [2.24, 2.45) is 0 Å². The third-order valence-corrected chi connectivity index (χ3v) is 1.90. The smallest absolute Gasteiger partial charge is 0.0390 e. The molecule has 0 spiro atoms. The number of hydrogen-bond acceptors (Lipinski definition) is 1. The van der Waals surface area contributed by atoms with E-state index < -0.39 is 0 Å². The van der Waals surface area contributed by atoms with Gasteiger partial charge in [0, 0.05) is 5.69 Å². The molecule has 0 atom stereocenters. The fraction of sp³-hybridized carbons (Fsp3) is 0.273. The molecule has 0 fully saturated rings. The first-order chi connectivity index (χ1) is 5.75. The number of allylic oxidation sites excluding steroid dienone is 2. The van der Waals surface area contributed by atoms with Crippen LogP contribution in [0.25, 0.3) is 5.57 Å². The summed E-state index contributed by atoms with van der Waals surface area (Å²) in [6, 6.07) is 7.95. The highest BCUT2D eigenvalue weighted by molar-refractivity contribution is 5.73. The van der Waals surface area contributed by atoms with Crippen LogP contribution < -0.4 is 5.73 Å². The lowest BCUT2D eigenvalue weighted by molar-refractivity contribution is 1.22. The number of nitrogens with two attached hydrogens (primary N) is 1. The zero-order valence-corrected chi connectivity index (χ0v) is 7.67. The predicted octanol–water partition coefficient (Wildman–Crippen LogP) is 3.08. The van der Waals surface area contributed by atoms with Crippen LogP contribution in [0.5, 0.6) is 0 Å². The van der Waals surface area contributed by atoms with E-state index in [1.807, 2.05) is 18.2 Å². The van der Waals surface area contributed by atoms with E-state index in [1.54, 1.807) is 0 Å². The number of anilines is 1. The first-order valence-electron chi connectivity index (χ1n) is 4.27. The van der Waals surface area contributed by atoms with Gasteiger partial charge in [0.25, 0.3) is 0 Å². The minimum Gasteiger partial charge on any atom is -0.398 e. The van der Waals surface area contributed by atoms with Crippen molar-refractivity contribution in [2.75, 3.05) is 5.73 Å². The molecule has 0 bridgehead atoms. The summed E-state index contributed by atoms with van der Waals surface area (Å²) in [5, 5.41) is 0. The van der Waals surface area contributed by atoms with Gasteiger partial charge in [-0.2, -0.15) is 0 Å². The van der Waals surface area contributed by atoms with E-state index in [2.05, 4.69) is 26.0 Å². The van der Waals surface area contributed by atoms with Crippen molar-refractivity contribution in [1.29, 1.82) is 0 Å². The quantitative estimate of drug-likeness (QED) is 0.663. The lowest BCUT2D eigenvalue weighted by Crippen LogP contribution is -1.90. The van der Waals surface area contributed by atoms with Crippen LogP contribution in [0.3, 0.4) is 0 Å². The third-order valence-electron chi connectivity index (χ3n) is 1.90. The summed E-state index contributed by atoms with van der Waals surface area (Å²) in [6.45, 7) is 4.22. The number of benzene rings is 1. The summed E-state index contributed by atoms with van der Waals surface area (Å²) >= 11 is 0. The third kappa shape index (κ3) is 1.88. The molecule has 0 aromatic heterocycles. The van der Waals surface area contributed by atoms with Crippen LogP contribution in [0.15, 0.2) is 30.3 Å². The topological polar surface area (TPSA) is 26.0 Å². The van der Waals surface area contributed by atoms with Gasteiger partial charge >= 0.3 is 0 Å². The van der Waals surface area contributed by atoms with Gasteiger partial charge in [0.2, 0.25) is 0 Å². The second kappa shape index (κ2) is 3.96. The zero-order chi connectivity index (χ0) is 8.97. The molecular weight excluding hydrogens is 146 g/mol. The fourth-order valence-electron chi connectivity index (χ4n) is 1.27. The van der Waals surface area contributed by atoms with Gasteiger partial charge < -0.3 is 5.73 Å². The molecule has 2 N–H and O–H groups in total. The summed E-state index contributed by atoms with van der Waals surface area (Å²) in [5.41, 5.74) is 9.08. The largest absolute Gasteiger partial charge is 0.398 e. The Morgan fingerprint density at radius 3 is 2.67 bits per heavy atom. The second-order valence-electron chi connectivity index (χ2n) is 2.88. The summed E-state index contributed by atoms with van der Waals surface area (Å²) in [6.07, 6.45) is 3.24. The molecule has 0 heterocycles. The van der Waals surface area contributed by atoms with Crippen LogP contribution in [0, 0.1) is 0 Å². The van der Waals surface area contributed by atoms with Crippen molar-refractivity contribution < 1.29 is 0 Å². The predicted molar refractivity (Wildman–Crippen MR) is 54.8 cm³/mol. The van der Waals surface area contributed by atoms with E-state index in [-0.39, 0.29) is 0 Å². The lowest BCUT2D eigenvalue weighted by atomic mass is 10.0. The molecule has 12 heavy (non-hydrogen) atoms. The molecule has 1 aromatic rings. The Balaban J connectivity index is 3.02. The van der Waals surface area contributed by atoms with Gasteiger partial charge in [0.15, 0.2) is 0 Å². The van der Waals surface area contributed by atoms with Crippen LogP contribution in [-0.2, 0) is 0 Å². The lowest BCUT2D eigenvalue weighted by Gasteiger charge is -2.04. The van der Waals surface area contributed by atoms with Crippen LogP contribution in [0.2, 0.25) is 0 Å². The normalized spacial score (nSPS) is 11.7. The van der Waals surface area contributed by atoms with E-state index >= 15 is 0 Å². The molecule has 0 saturated carbocycles. The Hall–Kier alpha value is -1.24. The van der Waals surface area contributed by atoms with Gasteiger partial charge in [0.05, 0.1) is 0 Å². The Labute approximate surface area is 73.9 Å². The summed E-state index contributed by atoms with van der Waals surface area (Å²) in [5.74, 6) is 0. The van der Waals surface area contributed by atoms with Gasteiger partial charge in [-0.15, -0.1) is 0 Å². The number of para-hydroxylation sites is 1. The molecule has 0 aliphatic carbocycles. The van der Waals surface area contributed by atoms with Crippen molar-refractivity contribution in [3.05, 3.63) is 35.9 Å². The molecule has 0 saturated heterocycles. The van der Waals surface area contributed by atoms with Crippen LogP contribution in [-0.4, -0.2) is 0 Å². The second-order valence-corrected chi connectivity index (χ2v) is 2.88. The van der Waals surface area contributed by atoms with E-state index in [1.165, 1.54) is 5.57 Å². The van der Waals surface area contributed by atoms with Gasteiger partial charge in [-0.25, -0.2) is 0 Å². The minimum atomic E-state index is 0.861. The summed E-state index contributed by atoms with van der Waals surface area (Å²) in [4.78, 5) is 0. The molecule has 1 heteroatoms. The van der Waals surface area contributed by atoms with Crippen molar-refractivity contribution in [2.45, 2.75) is 20.3 Å². The maximum Gasteiger partial charge on any atom is 0.0390 e. The molecule has 64 valence electrons. The summed E-state index contributed by atoms with van der Waals surface area (Å²) < 4.78 is 0. The molecule has 0 amide bonds. The standard InChI is InChI=1S/C11H15N/c1-3-6-9(2)10-7-4-5-8-11(10)12/h4-8H,3,12H2,1-2H3. The van der Waals surface area contributed by atoms with Crippen LogP contribution in [0.1, 0.15) is 25.8 Å². The van der Waals surface area contributed by atoms with Gasteiger partial charge in [-0.05, 0) is 30.5 Å². The Bertz CT molecular complexity index is 287. The van der Waals surface area contributed by atoms with Crippen molar-refractivity contribution in [3.63, 3.8) is 0 Å². The Morgan fingerprint density at radius 2 is 2.08 bits per heavy atom. The molecule has 0 unspecified atom stereocenters. The van der Waals surface area contributed by atoms with E-state index in [0.29, 0.717) is 0 Å². The van der Waals surface area contributed by atoms with Crippen LogP contribution >= 0.6 is 0 Å². The van der Waals surface area contributed by atoms with Gasteiger partial charge in [-0.1, -0.05) is 31.2 Å². The Morgan fingerprint density at radius 1 is 1.42 bits per heavy atom. The van der Waals surface area contributed by atoms with E-state index in [4.69, 9.17) is 5.73 Å². The monoisotopic (exact) mass is 161 g/mol. The average molecular weight is 161 g/mol. The van der Waals surface area contributed by atoms with E-state index in [0.717, 1.165) is 17.7 Å². The number of nitrogen functional groups attached to an aromatic ring is 1. The molecular formula is C11H15N. The fourth-order valence-corrected chi connectivity index (χ4v) is 1.27. The molecule has 0 aliphatic rings. The average Bonchev–Trinajstić information content (AvgIpc) is 2.05. The molecule has 0 aliphatic heterocycles. The van der Waals surface area contributed by atoms with Crippen molar-refractivity contribution in [3.8, 4) is 0 Å². The zero-order valence-electron chi connectivity index (χ0n) is 7.67. The first kappa shape index (κ1) is 8.85. The Kier molecular flexibility index (Phi) is 2.92. The highest BCUT2D eigenvalue weighted by Crippen LogP contribution is 2.20. The first-order valence-corrected chi connectivity index (χ1v) is 4.27. The van der Waals surface area contributed by atoms with Crippen LogP contribution in [0.4, 0.5) is 5.69 Å². The molecule has 1 nitrogen and oxygen atoms in total. The SMILES string of the molecule is CCC=C(C)c1ccccc1N. The highest BCUT2D eigenvalue weighted by Gasteiger charge is 1.97. The van der Waals surface area contributed by atoms with Gasteiger partial charge in [0.1, 0.15) is 0 Å². The molecule has 1 rings (SSSR count). The molecule has 1 aromatic carbocycles. The number of rotatable bonds is 2. The van der Waals surface area contributed by atoms with Crippen molar-refractivity contribution in [1.82, 2.24) is 0 Å². The molecule has 0 radical (unpaired) electrons.